The van der Waals surface area contributed by atoms with Crippen LogP contribution >= 0.6 is 0 Å². The van der Waals surface area contributed by atoms with Crippen LogP contribution in [0.5, 0.6) is 5.75 Å². The van der Waals surface area contributed by atoms with Crippen molar-refractivity contribution in [2.45, 2.75) is 12.3 Å². The molecular formula is C12H13NO2. The zero-order chi connectivity index (χ0) is 10.7. The molecule has 0 saturated carbocycles. The molecule has 1 aromatic rings. The molecule has 1 aliphatic rings. The van der Waals surface area contributed by atoms with Gasteiger partial charge in [0, 0.05) is 12.1 Å². The molecule has 3 heteroatoms. The van der Waals surface area contributed by atoms with Gasteiger partial charge in [-0.15, -0.1) is 0 Å². The minimum atomic E-state index is 0.211. The highest BCUT2D eigenvalue weighted by Crippen LogP contribution is 2.27. The van der Waals surface area contributed by atoms with E-state index in [1.54, 1.807) is 19.4 Å². The number of methoxy groups -OCH3 is 1. The summed E-state index contributed by atoms with van der Waals surface area (Å²) in [6.45, 7) is 0. The summed E-state index contributed by atoms with van der Waals surface area (Å²) in [5.41, 5.74) is 1.03. The van der Waals surface area contributed by atoms with E-state index in [0.717, 1.165) is 17.7 Å². The lowest BCUT2D eigenvalue weighted by Gasteiger charge is -2.15. The molecular weight excluding hydrogens is 190 g/mol. The van der Waals surface area contributed by atoms with Gasteiger partial charge in [0.15, 0.2) is 0 Å². The van der Waals surface area contributed by atoms with Crippen molar-refractivity contribution in [3.05, 3.63) is 48.0 Å². The second kappa shape index (κ2) is 4.17. The van der Waals surface area contributed by atoms with Crippen LogP contribution in [0.3, 0.4) is 0 Å². The van der Waals surface area contributed by atoms with Gasteiger partial charge >= 0.3 is 0 Å². The summed E-state index contributed by atoms with van der Waals surface area (Å²) in [5.74, 6) is 1.38. The predicted octanol–water partition coefficient (Wildman–Crippen LogP) is 2.36. The van der Waals surface area contributed by atoms with E-state index in [0.29, 0.717) is 0 Å². The molecule has 0 radical (unpaired) electrons. The Kier molecular flexibility index (Phi) is 2.72. The Bertz CT molecular complexity index is 410. The fraction of sp³-hybridized carbons (Fsp3) is 0.250. The third-order valence-corrected chi connectivity index (χ3v) is 2.47. The molecule has 3 nitrogen and oxygen atoms in total. The van der Waals surface area contributed by atoms with Gasteiger partial charge < -0.3 is 9.84 Å². The minimum absolute atomic E-state index is 0.211. The van der Waals surface area contributed by atoms with E-state index in [4.69, 9.17) is 4.74 Å². The Balaban J connectivity index is 2.15. The molecule has 0 aromatic carbocycles. The second-order valence-electron chi connectivity index (χ2n) is 3.49. The number of allylic oxidation sites excluding steroid dienone is 3. The van der Waals surface area contributed by atoms with Crippen molar-refractivity contribution in [2.75, 3.05) is 7.11 Å². The number of ether oxygens (including phenoxy) is 1. The third-order valence-electron chi connectivity index (χ3n) is 2.47. The number of aromatic hydroxyl groups is 1. The van der Waals surface area contributed by atoms with Gasteiger partial charge in [0.05, 0.1) is 13.3 Å². The molecule has 78 valence electrons. The summed E-state index contributed by atoms with van der Waals surface area (Å²) < 4.78 is 5.11. The SMILES string of the molecule is COC1=CCC(c2cncc(O)c2)C=C1. The van der Waals surface area contributed by atoms with E-state index in [9.17, 15) is 5.11 Å². The monoisotopic (exact) mass is 203 g/mol. The molecule has 15 heavy (non-hydrogen) atoms. The molecule has 1 aromatic heterocycles. The van der Waals surface area contributed by atoms with Crippen LogP contribution in [-0.2, 0) is 4.74 Å². The summed E-state index contributed by atoms with van der Waals surface area (Å²) >= 11 is 0. The van der Waals surface area contributed by atoms with E-state index in [2.05, 4.69) is 11.1 Å². The van der Waals surface area contributed by atoms with E-state index in [1.807, 2.05) is 12.2 Å². The van der Waals surface area contributed by atoms with Gasteiger partial charge in [0.2, 0.25) is 0 Å². The van der Waals surface area contributed by atoms with Crippen molar-refractivity contribution in [1.82, 2.24) is 4.98 Å². The van der Waals surface area contributed by atoms with Gasteiger partial charge in [-0.05, 0) is 30.2 Å². The normalized spacial score (nSPS) is 19.8. The first kappa shape index (κ1) is 9.77. The lowest BCUT2D eigenvalue weighted by molar-refractivity contribution is 0.303. The molecule has 0 bridgehead atoms. The Hall–Kier alpha value is -1.77. The zero-order valence-corrected chi connectivity index (χ0v) is 8.55. The molecule has 1 unspecified atom stereocenters. The van der Waals surface area contributed by atoms with Crippen LogP contribution in [0.2, 0.25) is 0 Å². The summed E-state index contributed by atoms with van der Waals surface area (Å²) in [6, 6.07) is 1.74. The Labute approximate surface area is 88.7 Å². The predicted molar refractivity (Wildman–Crippen MR) is 57.5 cm³/mol. The number of aromatic nitrogens is 1. The number of rotatable bonds is 2. The highest BCUT2D eigenvalue weighted by molar-refractivity contribution is 5.32. The maximum Gasteiger partial charge on any atom is 0.134 e. The Morgan fingerprint density at radius 3 is 2.93 bits per heavy atom. The number of pyridine rings is 1. The van der Waals surface area contributed by atoms with E-state index >= 15 is 0 Å². The molecule has 0 spiro atoms. The molecule has 0 saturated heterocycles. The van der Waals surface area contributed by atoms with Crippen molar-refractivity contribution < 1.29 is 9.84 Å². The van der Waals surface area contributed by atoms with Crippen LogP contribution in [0, 0.1) is 0 Å². The standard InChI is InChI=1S/C12H13NO2/c1-15-12-4-2-9(3-5-12)10-6-11(14)8-13-7-10/h2,4-9,14H,3H2,1H3. The van der Waals surface area contributed by atoms with Crippen LogP contribution in [0.25, 0.3) is 0 Å². The molecule has 0 fully saturated rings. The first-order valence-corrected chi connectivity index (χ1v) is 4.86. The lowest BCUT2D eigenvalue weighted by Crippen LogP contribution is -1.99. The topological polar surface area (TPSA) is 42.4 Å². The van der Waals surface area contributed by atoms with Gasteiger partial charge in [-0.25, -0.2) is 0 Å². The molecule has 2 rings (SSSR count). The first-order chi connectivity index (χ1) is 7.29. The van der Waals surface area contributed by atoms with Crippen molar-refractivity contribution in [2.24, 2.45) is 0 Å². The fourth-order valence-corrected chi connectivity index (χ4v) is 1.65. The molecule has 0 amide bonds. The summed E-state index contributed by atoms with van der Waals surface area (Å²) in [6.07, 6.45) is 10.1. The Morgan fingerprint density at radius 1 is 1.47 bits per heavy atom. The summed E-state index contributed by atoms with van der Waals surface area (Å²) in [5, 5.41) is 9.32. The quantitative estimate of drug-likeness (QED) is 0.802. The van der Waals surface area contributed by atoms with Gasteiger partial charge in [0.1, 0.15) is 11.5 Å². The average Bonchev–Trinajstić information content (AvgIpc) is 2.29. The highest BCUT2D eigenvalue weighted by atomic mass is 16.5. The number of hydrogen-bond acceptors (Lipinski definition) is 3. The van der Waals surface area contributed by atoms with E-state index in [1.165, 1.54) is 6.20 Å². The smallest absolute Gasteiger partial charge is 0.134 e. The highest BCUT2D eigenvalue weighted by Gasteiger charge is 2.11. The van der Waals surface area contributed by atoms with Crippen molar-refractivity contribution in [3.8, 4) is 5.75 Å². The molecule has 1 N–H and O–H groups in total. The van der Waals surface area contributed by atoms with Crippen LogP contribution in [-0.4, -0.2) is 17.2 Å². The van der Waals surface area contributed by atoms with Crippen molar-refractivity contribution >= 4 is 0 Å². The van der Waals surface area contributed by atoms with Crippen LogP contribution in [0.4, 0.5) is 0 Å². The fourth-order valence-electron chi connectivity index (χ4n) is 1.65. The maximum absolute atomic E-state index is 9.32. The van der Waals surface area contributed by atoms with Gasteiger partial charge in [-0.2, -0.15) is 0 Å². The number of nitrogens with zero attached hydrogens (tertiary/aromatic N) is 1. The minimum Gasteiger partial charge on any atom is -0.506 e. The van der Waals surface area contributed by atoms with E-state index in [-0.39, 0.29) is 11.7 Å². The second-order valence-corrected chi connectivity index (χ2v) is 3.49. The largest absolute Gasteiger partial charge is 0.506 e. The summed E-state index contributed by atoms with van der Waals surface area (Å²) in [7, 11) is 1.66. The average molecular weight is 203 g/mol. The van der Waals surface area contributed by atoms with E-state index < -0.39 is 0 Å². The number of hydrogen-bond donors (Lipinski definition) is 1. The first-order valence-electron chi connectivity index (χ1n) is 4.86. The van der Waals surface area contributed by atoms with Crippen molar-refractivity contribution in [3.63, 3.8) is 0 Å². The maximum atomic E-state index is 9.32. The van der Waals surface area contributed by atoms with Crippen LogP contribution in [0.1, 0.15) is 17.9 Å². The molecule has 1 aliphatic carbocycles. The lowest BCUT2D eigenvalue weighted by atomic mass is 9.93. The Morgan fingerprint density at radius 2 is 2.33 bits per heavy atom. The van der Waals surface area contributed by atoms with Gasteiger partial charge in [-0.3, -0.25) is 4.98 Å². The summed E-state index contributed by atoms with van der Waals surface area (Å²) in [4.78, 5) is 3.96. The van der Waals surface area contributed by atoms with Crippen molar-refractivity contribution in [1.29, 1.82) is 0 Å². The van der Waals surface area contributed by atoms with Gasteiger partial charge in [0.25, 0.3) is 0 Å². The third kappa shape index (κ3) is 2.18. The zero-order valence-electron chi connectivity index (χ0n) is 8.55. The van der Waals surface area contributed by atoms with Crippen LogP contribution < -0.4 is 0 Å². The van der Waals surface area contributed by atoms with Crippen LogP contribution in [0.15, 0.2) is 42.4 Å². The molecule has 1 atom stereocenters. The molecule has 1 heterocycles. The molecule has 0 aliphatic heterocycles. The van der Waals surface area contributed by atoms with Gasteiger partial charge in [-0.1, -0.05) is 6.08 Å².